The third-order valence-electron chi connectivity index (χ3n) is 12.0. The first-order valence-electron chi connectivity index (χ1n) is 18.8. The average molecular weight is 675 g/mol. The Balaban J connectivity index is 1.30. The molecule has 3 atom stereocenters. The van der Waals surface area contributed by atoms with E-state index in [1.807, 2.05) is 0 Å². The second-order valence-corrected chi connectivity index (χ2v) is 18.8. The molecule has 0 fully saturated rings. The highest BCUT2D eigenvalue weighted by Gasteiger charge is 2.49. The number of nitrogens with zero attached hydrogens (tertiary/aromatic N) is 2. The minimum Gasteiger partial charge on any atom is -0.333 e. The molecule has 3 heteroatoms. The van der Waals surface area contributed by atoms with Gasteiger partial charge in [-0.05, 0) is 91.2 Å². The van der Waals surface area contributed by atoms with Crippen LogP contribution in [-0.2, 0) is 6.42 Å². The van der Waals surface area contributed by atoms with Crippen LogP contribution in [0.25, 0.3) is 44.5 Å². The lowest BCUT2D eigenvalue weighted by atomic mass is 10.0. The predicted octanol–water partition coefficient (Wildman–Crippen LogP) is 11.7. The van der Waals surface area contributed by atoms with Gasteiger partial charge in [-0.15, -0.1) is 0 Å². The average Bonchev–Trinajstić information content (AvgIpc) is 3.73. The first kappa shape index (κ1) is 30.4. The maximum absolute atomic E-state index is 2.67. The Bertz CT molecular complexity index is 2490. The van der Waals surface area contributed by atoms with E-state index >= 15 is 0 Å². The lowest BCUT2D eigenvalue weighted by Crippen LogP contribution is -2.56. The number of para-hydroxylation sites is 3. The fourth-order valence-electron chi connectivity index (χ4n) is 9.92. The number of hydrogen-bond donors (Lipinski definition) is 0. The first-order valence-corrected chi connectivity index (χ1v) is 20.8. The van der Waals surface area contributed by atoms with Crippen LogP contribution in [0.1, 0.15) is 49.4 Å². The Morgan fingerprint density at radius 2 is 1.31 bits per heavy atom. The van der Waals surface area contributed by atoms with E-state index in [0.29, 0.717) is 5.54 Å². The fraction of sp³-hybridized carbons (Fsp3) is 0.167. The summed E-state index contributed by atoms with van der Waals surface area (Å²) >= 11 is 0. The minimum atomic E-state index is -2.57. The number of rotatable bonds is 6. The van der Waals surface area contributed by atoms with E-state index in [1.165, 1.54) is 54.8 Å². The molecule has 6 aromatic rings. The van der Waals surface area contributed by atoms with Gasteiger partial charge in [0.25, 0.3) is 0 Å². The molecular formula is C48H42N2Si. The van der Waals surface area contributed by atoms with Crippen LogP contribution in [0.15, 0.2) is 174 Å². The molecule has 0 radical (unpaired) electrons. The quantitative estimate of drug-likeness (QED) is 0.156. The maximum atomic E-state index is 2.67. The summed E-state index contributed by atoms with van der Waals surface area (Å²) in [5.41, 5.74) is 8.50. The largest absolute Gasteiger partial charge is 0.333 e. The molecule has 0 N–H and O–H groups in total. The normalized spacial score (nSPS) is 21.1. The summed E-state index contributed by atoms with van der Waals surface area (Å²) in [5.74, 6) is 0. The third kappa shape index (κ3) is 4.75. The minimum absolute atomic E-state index is 0.146. The number of benzene rings is 4. The van der Waals surface area contributed by atoms with Crippen molar-refractivity contribution in [2.24, 2.45) is 0 Å². The Kier molecular flexibility index (Phi) is 7.42. The van der Waals surface area contributed by atoms with E-state index in [4.69, 9.17) is 0 Å². The van der Waals surface area contributed by atoms with Crippen LogP contribution in [0.4, 0.5) is 0 Å². The van der Waals surface area contributed by atoms with Crippen molar-refractivity contribution >= 4 is 57.7 Å². The van der Waals surface area contributed by atoms with Crippen LogP contribution in [0, 0.1) is 0 Å². The van der Waals surface area contributed by atoms with Gasteiger partial charge in [0.05, 0.1) is 11.6 Å². The lowest BCUT2D eigenvalue weighted by molar-refractivity contribution is 0.637. The second-order valence-electron chi connectivity index (χ2n) is 14.6. The predicted molar refractivity (Wildman–Crippen MR) is 220 cm³/mol. The van der Waals surface area contributed by atoms with E-state index in [9.17, 15) is 0 Å². The van der Waals surface area contributed by atoms with Crippen LogP contribution in [0.5, 0.6) is 0 Å². The molecule has 2 nitrogen and oxygen atoms in total. The highest BCUT2D eigenvalue weighted by Crippen LogP contribution is 2.49. The summed E-state index contributed by atoms with van der Waals surface area (Å²) in [7, 11) is -2.57. The van der Waals surface area contributed by atoms with Crippen LogP contribution >= 0.6 is 0 Å². The summed E-state index contributed by atoms with van der Waals surface area (Å²) in [6.45, 7) is 0. The molecule has 0 saturated heterocycles. The number of aromatic nitrogens is 2. The number of allylic oxidation sites excluding steroid dienone is 13. The lowest BCUT2D eigenvalue weighted by Gasteiger charge is -2.45. The number of aryl methyl sites for hydroxylation is 1. The van der Waals surface area contributed by atoms with Gasteiger partial charge in [-0.2, -0.15) is 0 Å². The van der Waals surface area contributed by atoms with Crippen LogP contribution in [-0.4, -0.2) is 17.2 Å². The fourth-order valence-corrected chi connectivity index (χ4v) is 15.9. The zero-order chi connectivity index (χ0) is 33.8. The van der Waals surface area contributed by atoms with Crippen molar-refractivity contribution in [3.8, 4) is 0 Å². The smallest absolute Gasteiger partial charge is 0.147 e. The van der Waals surface area contributed by atoms with Crippen molar-refractivity contribution in [2.75, 3.05) is 0 Å². The second kappa shape index (κ2) is 12.4. The standard InChI is InChI=1S/C48H42N2Si/c1-4-18-37(19-5-1)51(38-20-6-2-7-21-38,39-22-8-3-9-23-39)40-33-35(49-45-28-14-10-24-41(45)42-25-11-15-29-46(42)49)32-36(34-40)50-47-30-16-12-26-43(47)44-27-13-17-31-48(44)50/h1-8,10-12,14-20,22,24-26,28-32,34-35,38H,9,13,21,23,27,33H2. The summed E-state index contributed by atoms with van der Waals surface area (Å²) in [5, 5.41) is 8.88. The summed E-state index contributed by atoms with van der Waals surface area (Å²) in [6.07, 6.45) is 33.3. The van der Waals surface area contributed by atoms with Gasteiger partial charge >= 0.3 is 0 Å². The molecule has 248 valence electrons. The molecule has 2 heterocycles. The van der Waals surface area contributed by atoms with Gasteiger partial charge in [0.15, 0.2) is 0 Å². The highest BCUT2D eigenvalue weighted by molar-refractivity contribution is 7.04. The summed E-state index contributed by atoms with van der Waals surface area (Å²) in [6, 6.07) is 39.0. The van der Waals surface area contributed by atoms with Gasteiger partial charge in [0, 0.05) is 38.6 Å². The van der Waals surface area contributed by atoms with Gasteiger partial charge in [-0.25, -0.2) is 0 Å². The van der Waals surface area contributed by atoms with Crippen LogP contribution < -0.4 is 5.19 Å². The number of hydrogen-bond acceptors (Lipinski definition) is 0. The van der Waals surface area contributed by atoms with E-state index in [0.717, 1.165) is 38.5 Å². The molecule has 0 aliphatic heterocycles. The van der Waals surface area contributed by atoms with Crippen molar-refractivity contribution in [1.29, 1.82) is 0 Å². The maximum Gasteiger partial charge on any atom is 0.147 e. The molecule has 0 bridgehead atoms. The van der Waals surface area contributed by atoms with Crippen molar-refractivity contribution in [3.63, 3.8) is 0 Å². The Morgan fingerprint density at radius 1 is 0.608 bits per heavy atom. The molecule has 10 rings (SSSR count). The third-order valence-corrected chi connectivity index (χ3v) is 17.5. The van der Waals surface area contributed by atoms with Gasteiger partial charge in [0.1, 0.15) is 8.07 Å². The molecule has 4 aliphatic carbocycles. The highest BCUT2D eigenvalue weighted by atomic mass is 28.3. The van der Waals surface area contributed by atoms with E-state index < -0.39 is 8.07 Å². The molecule has 0 saturated carbocycles. The monoisotopic (exact) mass is 674 g/mol. The zero-order valence-electron chi connectivity index (χ0n) is 29.0. The summed E-state index contributed by atoms with van der Waals surface area (Å²) in [4.78, 5) is 0. The van der Waals surface area contributed by atoms with Crippen molar-refractivity contribution in [1.82, 2.24) is 9.13 Å². The van der Waals surface area contributed by atoms with Gasteiger partial charge in [-0.3, -0.25) is 0 Å². The molecule has 51 heavy (non-hydrogen) atoms. The van der Waals surface area contributed by atoms with Crippen molar-refractivity contribution < 1.29 is 0 Å². The van der Waals surface area contributed by atoms with Gasteiger partial charge < -0.3 is 9.13 Å². The molecule has 0 spiro atoms. The van der Waals surface area contributed by atoms with Gasteiger partial charge in [0.2, 0.25) is 0 Å². The zero-order valence-corrected chi connectivity index (χ0v) is 30.0. The van der Waals surface area contributed by atoms with E-state index in [2.05, 4.69) is 179 Å². The summed E-state index contributed by atoms with van der Waals surface area (Å²) < 4.78 is 5.28. The van der Waals surface area contributed by atoms with Gasteiger partial charge in [-0.1, -0.05) is 144 Å². The SMILES string of the molecule is C1=CCCC([Si](C2=CC(n3c4c(c5ccccc53)CCC=C4)=CC(n3c4ccccc4c4ccccc43)C2)(c2ccccc2)C2C=CC=CC2)=C1. The van der Waals surface area contributed by atoms with Crippen LogP contribution in [0.3, 0.4) is 0 Å². The topological polar surface area (TPSA) is 9.86 Å². The Morgan fingerprint density at radius 3 is 2.04 bits per heavy atom. The van der Waals surface area contributed by atoms with E-state index in [1.54, 1.807) is 10.4 Å². The molecule has 4 aliphatic rings. The Labute approximate surface area is 301 Å². The van der Waals surface area contributed by atoms with E-state index in [-0.39, 0.29) is 6.04 Å². The molecule has 3 unspecified atom stereocenters. The number of fused-ring (bicyclic) bond motifs is 6. The van der Waals surface area contributed by atoms with Crippen LogP contribution in [0.2, 0.25) is 5.54 Å². The Hall–Kier alpha value is -5.38. The molecule has 4 aromatic carbocycles. The van der Waals surface area contributed by atoms with Crippen molar-refractivity contribution in [3.05, 3.63) is 186 Å². The first-order chi connectivity index (χ1) is 25.3. The molecule has 0 amide bonds. The molecule has 2 aromatic heterocycles. The molecular weight excluding hydrogens is 633 g/mol. The van der Waals surface area contributed by atoms with Crippen molar-refractivity contribution in [2.45, 2.75) is 50.1 Å².